The van der Waals surface area contributed by atoms with Crippen LogP contribution < -0.4 is 5.32 Å². The minimum Gasteiger partial charge on any atom is -0.480 e. The number of hydrogen-bond acceptors (Lipinski definition) is 3. The predicted octanol–water partition coefficient (Wildman–Crippen LogP) is 1.34. The normalized spacial score (nSPS) is 23.2. The predicted molar refractivity (Wildman–Crippen MR) is 74.1 cm³/mol. The van der Waals surface area contributed by atoms with Gasteiger partial charge in [0, 0.05) is 23.6 Å². The Bertz CT molecular complexity index is 506. The first kappa shape index (κ1) is 14.0. The molecule has 0 saturated carbocycles. The van der Waals surface area contributed by atoms with Gasteiger partial charge < -0.3 is 15.3 Å². The van der Waals surface area contributed by atoms with Crippen molar-refractivity contribution in [3.8, 4) is 0 Å². The van der Waals surface area contributed by atoms with Gasteiger partial charge in [-0.3, -0.25) is 4.79 Å². The maximum Gasteiger partial charge on any atom is 0.328 e. The number of rotatable bonds is 2. The standard InChI is InChI=1S/C13H15BrN2O3/c1-8-11(13(18)19)16(7-6-15-8)12(17)9-4-2-3-5-10(9)14/h2-5,8,11,15H,6-7H2,1H3,(H,18,19). The Labute approximate surface area is 119 Å². The molecular formula is C13H15BrN2O3. The molecule has 1 saturated heterocycles. The van der Waals surface area contributed by atoms with Gasteiger partial charge in [0.2, 0.25) is 0 Å². The Morgan fingerprint density at radius 2 is 2.11 bits per heavy atom. The highest BCUT2D eigenvalue weighted by Crippen LogP contribution is 2.21. The number of hydrogen-bond donors (Lipinski definition) is 2. The monoisotopic (exact) mass is 326 g/mol. The Morgan fingerprint density at radius 1 is 1.42 bits per heavy atom. The largest absolute Gasteiger partial charge is 0.480 e. The van der Waals surface area contributed by atoms with Crippen LogP contribution in [0.2, 0.25) is 0 Å². The van der Waals surface area contributed by atoms with E-state index in [-0.39, 0.29) is 11.9 Å². The topological polar surface area (TPSA) is 69.6 Å². The van der Waals surface area contributed by atoms with Crippen molar-refractivity contribution in [3.63, 3.8) is 0 Å². The van der Waals surface area contributed by atoms with Crippen molar-refractivity contribution in [1.29, 1.82) is 0 Å². The molecule has 1 heterocycles. The van der Waals surface area contributed by atoms with E-state index in [2.05, 4.69) is 21.2 Å². The Kier molecular flexibility index (Phi) is 4.21. The first-order valence-corrected chi connectivity index (χ1v) is 6.83. The molecule has 2 unspecified atom stereocenters. The van der Waals surface area contributed by atoms with Crippen LogP contribution in [0, 0.1) is 0 Å². The fourth-order valence-corrected chi connectivity index (χ4v) is 2.75. The Hall–Kier alpha value is -1.40. The molecule has 1 aliphatic heterocycles. The summed E-state index contributed by atoms with van der Waals surface area (Å²) in [5, 5.41) is 12.4. The van der Waals surface area contributed by atoms with Gasteiger partial charge in [-0.05, 0) is 35.0 Å². The third-order valence-corrected chi connectivity index (χ3v) is 3.94. The molecule has 2 rings (SSSR count). The molecule has 0 bridgehead atoms. The summed E-state index contributed by atoms with van der Waals surface area (Å²) in [5.74, 6) is -1.24. The van der Waals surface area contributed by atoms with Crippen LogP contribution >= 0.6 is 15.9 Å². The average Bonchev–Trinajstić information content (AvgIpc) is 2.37. The molecule has 0 aliphatic carbocycles. The summed E-state index contributed by atoms with van der Waals surface area (Å²) in [6.07, 6.45) is 0. The molecular weight excluding hydrogens is 312 g/mol. The highest BCUT2D eigenvalue weighted by Gasteiger charge is 2.37. The lowest BCUT2D eigenvalue weighted by Gasteiger charge is -2.38. The molecule has 5 nitrogen and oxygen atoms in total. The van der Waals surface area contributed by atoms with Gasteiger partial charge in [-0.25, -0.2) is 4.79 Å². The molecule has 2 N–H and O–H groups in total. The number of nitrogens with one attached hydrogen (secondary N) is 1. The second-order valence-corrected chi connectivity index (χ2v) is 5.36. The van der Waals surface area contributed by atoms with Crippen LogP contribution in [-0.2, 0) is 4.79 Å². The second-order valence-electron chi connectivity index (χ2n) is 4.50. The molecule has 1 aliphatic rings. The van der Waals surface area contributed by atoms with Gasteiger partial charge in [0.15, 0.2) is 0 Å². The zero-order valence-electron chi connectivity index (χ0n) is 10.5. The quantitative estimate of drug-likeness (QED) is 0.860. The molecule has 1 aromatic carbocycles. The SMILES string of the molecule is CC1NCCN(C(=O)c2ccccc2Br)C1C(=O)O. The van der Waals surface area contributed by atoms with E-state index in [1.165, 1.54) is 4.90 Å². The van der Waals surface area contributed by atoms with Gasteiger partial charge in [0.1, 0.15) is 6.04 Å². The van der Waals surface area contributed by atoms with Crippen LogP contribution in [0.1, 0.15) is 17.3 Å². The maximum atomic E-state index is 12.5. The molecule has 1 amide bonds. The summed E-state index contributed by atoms with van der Waals surface area (Å²) >= 11 is 3.33. The lowest BCUT2D eigenvalue weighted by molar-refractivity contribution is -0.144. The van der Waals surface area contributed by atoms with Crippen molar-refractivity contribution in [3.05, 3.63) is 34.3 Å². The summed E-state index contributed by atoms with van der Waals surface area (Å²) in [5.41, 5.74) is 0.489. The fraction of sp³-hybridized carbons (Fsp3) is 0.385. The highest BCUT2D eigenvalue weighted by atomic mass is 79.9. The van der Waals surface area contributed by atoms with Crippen molar-refractivity contribution < 1.29 is 14.7 Å². The van der Waals surface area contributed by atoms with E-state index < -0.39 is 12.0 Å². The number of nitrogens with zero attached hydrogens (tertiary/aromatic N) is 1. The number of aliphatic carboxylic acids is 1. The van der Waals surface area contributed by atoms with Crippen molar-refractivity contribution in [2.24, 2.45) is 0 Å². The number of carboxylic acid groups (broad SMARTS) is 1. The van der Waals surface area contributed by atoms with Crippen LogP contribution in [-0.4, -0.2) is 47.1 Å². The number of carbonyl (C=O) groups is 2. The van der Waals surface area contributed by atoms with E-state index in [0.29, 0.717) is 23.1 Å². The van der Waals surface area contributed by atoms with Crippen LogP contribution in [0.25, 0.3) is 0 Å². The van der Waals surface area contributed by atoms with E-state index in [1.54, 1.807) is 25.1 Å². The molecule has 0 aromatic heterocycles. The smallest absolute Gasteiger partial charge is 0.328 e. The van der Waals surface area contributed by atoms with Crippen LogP contribution in [0.5, 0.6) is 0 Å². The fourth-order valence-electron chi connectivity index (χ4n) is 2.30. The average molecular weight is 327 g/mol. The van der Waals surface area contributed by atoms with Gasteiger partial charge >= 0.3 is 5.97 Å². The zero-order valence-corrected chi connectivity index (χ0v) is 12.1. The molecule has 6 heteroatoms. The van der Waals surface area contributed by atoms with Crippen molar-refractivity contribution in [2.45, 2.75) is 19.0 Å². The second kappa shape index (κ2) is 5.71. The van der Waals surface area contributed by atoms with Gasteiger partial charge in [-0.1, -0.05) is 12.1 Å². The van der Waals surface area contributed by atoms with Gasteiger partial charge in [-0.2, -0.15) is 0 Å². The Balaban J connectivity index is 2.31. The lowest BCUT2D eigenvalue weighted by Crippen LogP contribution is -2.61. The summed E-state index contributed by atoms with van der Waals surface area (Å²) in [4.78, 5) is 25.3. The number of carboxylic acids is 1. The Morgan fingerprint density at radius 3 is 2.74 bits per heavy atom. The van der Waals surface area contributed by atoms with Gasteiger partial charge in [-0.15, -0.1) is 0 Å². The van der Waals surface area contributed by atoms with E-state index in [1.807, 2.05) is 6.07 Å². The zero-order chi connectivity index (χ0) is 14.0. The van der Waals surface area contributed by atoms with Crippen LogP contribution in [0.3, 0.4) is 0 Å². The van der Waals surface area contributed by atoms with E-state index in [9.17, 15) is 14.7 Å². The molecule has 1 aromatic rings. The summed E-state index contributed by atoms with van der Waals surface area (Å²) < 4.78 is 0.676. The summed E-state index contributed by atoms with van der Waals surface area (Å²) in [7, 11) is 0. The highest BCUT2D eigenvalue weighted by molar-refractivity contribution is 9.10. The minimum absolute atomic E-state index is 0.256. The maximum absolute atomic E-state index is 12.5. The lowest BCUT2D eigenvalue weighted by atomic mass is 10.0. The first-order chi connectivity index (χ1) is 9.02. The third-order valence-electron chi connectivity index (χ3n) is 3.25. The third kappa shape index (κ3) is 2.79. The molecule has 0 spiro atoms. The minimum atomic E-state index is -0.986. The van der Waals surface area contributed by atoms with Gasteiger partial charge in [0.05, 0.1) is 5.56 Å². The van der Waals surface area contributed by atoms with E-state index >= 15 is 0 Å². The van der Waals surface area contributed by atoms with Crippen LogP contribution in [0.4, 0.5) is 0 Å². The molecule has 19 heavy (non-hydrogen) atoms. The summed E-state index contributed by atoms with van der Waals surface area (Å²) in [6.45, 7) is 2.76. The number of amides is 1. The number of benzene rings is 1. The van der Waals surface area contributed by atoms with Crippen molar-refractivity contribution in [2.75, 3.05) is 13.1 Å². The summed E-state index contributed by atoms with van der Waals surface area (Å²) in [6, 6.07) is 5.94. The molecule has 2 atom stereocenters. The van der Waals surface area contributed by atoms with Crippen molar-refractivity contribution >= 4 is 27.8 Å². The number of carbonyl (C=O) groups excluding carboxylic acids is 1. The molecule has 1 fully saturated rings. The molecule has 0 radical (unpaired) electrons. The van der Waals surface area contributed by atoms with Crippen LogP contribution in [0.15, 0.2) is 28.7 Å². The van der Waals surface area contributed by atoms with Crippen molar-refractivity contribution in [1.82, 2.24) is 10.2 Å². The van der Waals surface area contributed by atoms with E-state index in [0.717, 1.165) is 0 Å². The number of piperazine rings is 1. The first-order valence-electron chi connectivity index (χ1n) is 6.04. The van der Waals surface area contributed by atoms with Gasteiger partial charge in [0.25, 0.3) is 5.91 Å². The number of halogens is 1. The van der Waals surface area contributed by atoms with E-state index in [4.69, 9.17) is 0 Å². The molecule has 102 valence electrons.